The van der Waals surface area contributed by atoms with Crippen LogP contribution in [0, 0.1) is 23.2 Å². The van der Waals surface area contributed by atoms with Crippen LogP contribution in [0.15, 0.2) is 24.3 Å². The molecule has 0 unspecified atom stereocenters. The Kier molecular flexibility index (Phi) is 7.02. The molecule has 180 valence electrons. The van der Waals surface area contributed by atoms with E-state index in [0.717, 1.165) is 69.2 Å². The predicted octanol–water partition coefficient (Wildman–Crippen LogP) is 4.29. The van der Waals surface area contributed by atoms with Gasteiger partial charge in [0.05, 0.1) is 19.8 Å². The molecule has 1 N–H and O–H groups in total. The van der Waals surface area contributed by atoms with E-state index < -0.39 is 5.91 Å². The zero-order valence-electron chi connectivity index (χ0n) is 19.7. The Morgan fingerprint density at radius 2 is 1.76 bits per heavy atom. The molecule has 5 aliphatic rings. The summed E-state index contributed by atoms with van der Waals surface area (Å²) in [7, 11) is 0. The number of ketones is 1. The van der Waals surface area contributed by atoms with Crippen molar-refractivity contribution >= 4 is 17.4 Å². The number of Topliss-reactive ketones (excluding diaryl/α,β-unsaturated/α-hetero) is 1. The highest BCUT2D eigenvalue weighted by Crippen LogP contribution is 2.61. The number of ether oxygens (including phenoxy) is 2. The number of anilines is 1. The van der Waals surface area contributed by atoms with Crippen LogP contribution in [0.5, 0.6) is 5.75 Å². The fourth-order valence-electron chi connectivity index (χ4n) is 7.26. The smallest absolute Gasteiger partial charge is 0.291 e. The van der Waals surface area contributed by atoms with Crippen molar-refractivity contribution in [1.82, 2.24) is 4.90 Å². The second-order valence-corrected chi connectivity index (χ2v) is 11.0. The lowest BCUT2D eigenvalue weighted by Crippen LogP contribution is -2.46. The van der Waals surface area contributed by atoms with Crippen LogP contribution in [-0.4, -0.2) is 56.0 Å². The molecule has 6 heteroatoms. The standard InChI is InChI=1S/C27H38N2O4/c30-25(5-6-27-17-20-13-21(18-27)15-22(14-20)19-27)26(31)28-23-3-1-4-24(16-23)33-10-2-7-29-8-11-32-12-9-29/h1,3-4,16,20-22H,2,5-15,17-19H2,(H,28,31). The quantitative estimate of drug-likeness (QED) is 0.422. The molecule has 33 heavy (non-hydrogen) atoms. The van der Waals surface area contributed by atoms with Crippen LogP contribution in [-0.2, 0) is 14.3 Å². The van der Waals surface area contributed by atoms with Gasteiger partial charge < -0.3 is 14.8 Å². The van der Waals surface area contributed by atoms with Crippen molar-refractivity contribution in [2.75, 3.05) is 44.8 Å². The molecule has 1 saturated heterocycles. The van der Waals surface area contributed by atoms with E-state index in [-0.39, 0.29) is 5.78 Å². The summed E-state index contributed by atoms with van der Waals surface area (Å²) in [6.07, 6.45) is 10.2. The van der Waals surface area contributed by atoms with Gasteiger partial charge in [0, 0.05) is 37.8 Å². The predicted molar refractivity (Wildman–Crippen MR) is 127 cm³/mol. The molecule has 0 atom stereocenters. The van der Waals surface area contributed by atoms with E-state index in [1.54, 1.807) is 6.07 Å². The van der Waals surface area contributed by atoms with Gasteiger partial charge >= 0.3 is 0 Å². The molecule has 1 heterocycles. The first-order valence-corrected chi connectivity index (χ1v) is 12.9. The Labute approximate surface area is 197 Å². The second-order valence-electron chi connectivity index (χ2n) is 11.0. The van der Waals surface area contributed by atoms with Gasteiger partial charge in [0.15, 0.2) is 0 Å². The van der Waals surface area contributed by atoms with Crippen LogP contribution in [0.25, 0.3) is 0 Å². The molecular formula is C27H38N2O4. The summed E-state index contributed by atoms with van der Waals surface area (Å²) < 4.78 is 11.2. The number of benzene rings is 1. The van der Waals surface area contributed by atoms with E-state index in [2.05, 4.69) is 10.2 Å². The van der Waals surface area contributed by atoms with Gasteiger partial charge in [-0.05, 0) is 86.7 Å². The van der Waals surface area contributed by atoms with Crippen molar-refractivity contribution in [3.05, 3.63) is 24.3 Å². The summed E-state index contributed by atoms with van der Waals surface area (Å²) in [5, 5.41) is 2.79. The number of carbonyl (C=O) groups excluding carboxylic acids is 2. The second kappa shape index (κ2) is 10.1. The van der Waals surface area contributed by atoms with Gasteiger partial charge in [0.1, 0.15) is 5.75 Å². The number of hydrogen-bond donors (Lipinski definition) is 1. The maximum Gasteiger partial charge on any atom is 0.291 e. The van der Waals surface area contributed by atoms with E-state index in [4.69, 9.17) is 9.47 Å². The molecule has 4 aliphatic carbocycles. The van der Waals surface area contributed by atoms with E-state index >= 15 is 0 Å². The van der Waals surface area contributed by atoms with Crippen molar-refractivity contribution < 1.29 is 19.1 Å². The number of amides is 1. The Bertz CT molecular complexity index is 813. The van der Waals surface area contributed by atoms with Crippen LogP contribution >= 0.6 is 0 Å². The first-order valence-electron chi connectivity index (χ1n) is 12.9. The molecule has 4 saturated carbocycles. The number of rotatable bonds is 10. The molecule has 6 nitrogen and oxygen atoms in total. The van der Waals surface area contributed by atoms with E-state index in [1.165, 1.54) is 38.5 Å². The number of nitrogens with zero attached hydrogens (tertiary/aromatic N) is 1. The molecule has 1 amide bonds. The maximum absolute atomic E-state index is 12.6. The van der Waals surface area contributed by atoms with Gasteiger partial charge in [-0.1, -0.05) is 6.07 Å². The summed E-state index contributed by atoms with van der Waals surface area (Å²) >= 11 is 0. The average Bonchev–Trinajstić information content (AvgIpc) is 2.80. The molecule has 5 fully saturated rings. The van der Waals surface area contributed by atoms with Crippen molar-refractivity contribution in [3.63, 3.8) is 0 Å². The third-order valence-corrected chi connectivity index (χ3v) is 8.38. The molecule has 0 aromatic heterocycles. The van der Waals surface area contributed by atoms with Crippen molar-refractivity contribution in [1.29, 1.82) is 0 Å². The minimum atomic E-state index is -0.496. The lowest BCUT2D eigenvalue weighted by Gasteiger charge is -2.57. The number of carbonyl (C=O) groups is 2. The minimum absolute atomic E-state index is 0.289. The molecular weight excluding hydrogens is 416 g/mol. The monoisotopic (exact) mass is 454 g/mol. The normalized spacial score (nSPS) is 30.8. The molecule has 0 radical (unpaired) electrons. The Morgan fingerprint density at radius 3 is 2.45 bits per heavy atom. The van der Waals surface area contributed by atoms with Crippen LogP contribution in [0.4, 0.5) is 5.69 Å². The molecule has 4 bridgehead atoms. The number of nitrogens with one attached hydrogen (secondary N) is 1. The third kappa shape index (κ3) is 5.78. The first kappa shape index (κ1) is 22.9. The number of hydrogen-bond acceptors (Lipinski definition) is 5. The molecule has 1 aliphatic heterocycles. The van der Waals surface area contributed by atoms with Crippen molar-refractivity contribution in [3.8, 4) is 5.75 Å². The van der Waals surface area contributed by atoms with Gasteiger partial charge in [0.2, 0.25) is 5.78 Å². The van der Waals surface area contributed by atoms with Crippen LogP contribution in [0.1, 0.15) is 57.8 Å². The zero-order chi connectivity index (χ0) is 22.7. The van der Waals surface area contributed by atoms with Crippen molar-refractivity contribution in [2.24, 2.45) is 23.2 Å². The minimum Gasteiger partial charge on any atom is -0.493 e. The summed E-state index contributed by atoms with van der Waals surface area (Å²) in [6, 6.07) is 7.36. The van der Waals surface area contributed by atoms with Crippen LogP contribution in [0.3, 0.4) is 0 Å². The fraction of sp³-hybridized carbons (Fsp3) is 0.704. The van der Waals surface area contributed by atoms with Crippen molar-refractivity contribution in [2.45, 2.75) is 57.8 Å². The van der Waals surface area contributed by atoms with Gasteiger partial charge in [-0.25, -0.2) is 0 Å². The molecule has 1 aromatic rings. The van der Waals surface area contributed by atoms with E-state index in [1.807, 2.05) is 18.2 Å². The molecule has 6 rings (SSSR count). The third-order valence-electron chi connectivity index (χ3n) is 8.38. The highest BCUT2D eigenvalue weighted by molar-refractivity contribution is 6.40. The number of morpholine rings is 1. The molecule has 0 spiro atoms. The summed E-state index contributed by atoms with van der Waals surface area (Å²) in [5.41, 5.74) is 0.952. The highest BCUT2D eigenvalue weighted by atomic mass is 16.5. The van der Waals surface area contributed by atoms with Crippen LogP contribution < -0.4 is 10.1 Å². The summed E-state index contributed by atoms with van der Waals surface area (Å²) in [6.45, 7) is 5.21. The van der Waals surface area contributed by atoms with E-state index in [9.17, 15) is 9.59 Å². The lowest BCUT2D eigenvalue weighted by atomic mass is 9.48. The molecule has 1 aromatic carbocycles. The van der Waals surface area contributed by atoms with Gasteiger partial charge in [-0.2, -0.15) is 0 Å². The average molecular weight is 455 g/mol. The largest absolute Gasteiger partial charge is 0.493 e. The summed E-state index contributed by atoms with van der Waals surface area (Å²) in [4.78, 5) is 27.6. The summed E-state index contributed by atoms with van der Waals surface area (Å²) in [5.74, 6) is 2.55. The van der Waals surface area contributed by atoms with E-state index in [0.29, 0.717) is 24.1 Å². The zero-order valence-corrected chi connectivity index (χ0v) is 19.7. The fourth-order valence-corrected chi connectivity index (χ4v) is 7.26. The first-order chi connectivity index (χ1) is 16.1. The topological polar surface area (TPSA) is 67.9 Å². The highest BCUT2D eigenvalue weighted by Gasteiger charge is 2.50. The van der Waals surface area contributed by atoms with Gasteiger partial charge in [-0.3, -0.25) is 14.5 Å². The Hall–Kier alpha value is -1.92. The Morgan fingerprint density at radius 1 is 1.06 bits per heavy atom. The SMILES string of the molecule is O=C(CCC12CC3CC(CC(C3)C1)C2)C(=O)Nc1cccc(OCCCN2CCOCC2)c1. The van der Waals surface area contributed by atoms with Crippen LogP contribution in [0.2, 0.25) is 0 Å². The maximum atomic E-state index is 12.6. The lowest BCUT2D eigenvalue weighted by molar-refractivity contribution is -0.136. The van der Waals surface area contributed by atoms with Gasteiger partial charge in [-0.15, -0.1) is 0 Å². The Balaban J connectivity index is 1.05. The van der Waals surface area contributed by atoms with Gasteiger partial charge in [0.25, 0.3) is 5.91 Å².